The highest BCUT2D eigenvalue weighted by Gasteiger charge is 2.14. The quantitative estimate of drug-likeness (QED) is 0.888. The van der Waals surface area contributed by atoms with Gasteiger partial charge in [-0.25, -0.2) is 0 Å². The number of rotatable bonds is 5. The minimum absolute atomic E-state index is 0.0346. The van der Waals surface area contributed by atoms with Gasteiger partial charge in [-0.05, 0) is 38.0 Å². The second kappa shape index (κ2) is 5.65. The van der Waals surface area contributed by atoms with Gasteiger partial charge in [-0.1, -0.05) is 0 Å². The first-order chi connectivity index (χ1) is 9.08. The zero-order valence-corrected chi connectivity index (χ0v) is 11.1. The number of carbonyl (C=O) groups is 1. The number of aliphatic carboxylic acids is 1. The van der Waals surface area contributed by atoms with E-state index >= 15 is 0 Å². The number of aromatic nitrogens is 3. The molecule has 0 unspecified atom stereocenters. The van der Waals surface area contributed by atoms with Crippen LogP contribution in [0.3, 0.4) is 0 Å². The first-order valence-corrected chi connectivity index (χ1v) is 6.21. The van der Waals surface area contributed by atoms with Crippen molar-refractivity contribution in [2.24, 2.45) is 0 Å². The van der Waals surface area contributed by atoms with E-state index in [9.17, 15) is 4.79 Å². The Hall–Kier alpha value is -2.17. The maximum absolute atomic E-state index is 10.8. The van der Waals surface area contributed by atoms with Gasteiger partial charge in [0.05, 0.1) is 12.1 Å². The van der Waals surface area contributed by atoms with Gasteiger partial charge in [-0.2, -0.15) is 5.10 Å². The lowest BCUT2D eigenvalue weighted by molar-refractivity contribution is -0.136. The highest BCUT2D eigenvalue weighted by molar-refractivity contribution is 5.70. The maximum atomic E-state index is 10.8. The van der Waals surface area contributed by atoms with Gasteiger partial charge >= 0.3 is 5.97 Å². The monoisotopic (exact) mass is 259 g/mol. The fourth-order valence-electron chi connectivity index (χ4n) is 2.14. The van der Waals surface area contributed by atoms with Gasteiger partial charge in [0.1, 0.15) is 0 Å². The van der Waals surface area contributed by atoms with Crippen LogP contribution in [0.5, 0.6) is 0 Å². The molecule has 0 saturated carbocycles. The Morgan fingerprint density at radius 1 is 1.32 bits per heavy atom. The molecule has 1 N–H and O–H groups in total. The molecule has 0 spiro atoms. The normalized spacial score (nSPS) is 10.6. The molecule has 2 aromatic heterocycles. The zero-order valence-electron chi connectivity index (χ0n) is 11.1. The number of pyridine rings is 1. The van der Waals surface area contributed by atoms with Gasteiger partial charge in [-0.15, -0.1) is 0 Å². The van der Waals surface area contributed by atoms with Crippen molar-refractivity contribution in [2.75, 3.05) is 0 Å². The molecule has 2 aromatic rings. The second-order valence-corrected chi connectivity index (χ2v) is 4.55. The lowest BCUT2D eigenvalue weighted by atomic mass is 10.1. The predicted molar refractivity (Wildman–Crippen MR) is 71.0 cm³/mol. The highest BCUT2D eigenvalue weighted by atomic mass is 16.4. The van der Waals surface area contributed by atoms with Crippen molar-refractivity contribution in [3.05, 3.63) is 47.0 Å². The standard InChI is InChI=1S/C14H17N3O2/c1-10-13(9-14(18)19)11(2)17(16-10)8-5-12-3-6-15-7-4-12/h3-4,6-7H,5,8-9H2,1-2H3,(H,18,19). The van der Waals surface area contributed by atoms with Crippen molar-refractivity contribution in [1.82, 2.24) is 14.8 Å². The molecule has 0 aliphatic heterocycles. The van der Waals surface area contributed by atoms with E-state index in [2.05, 4.69) is 10.1 Å². The van der Waals surface area contributed by atoms with Crippen LogP contribution >= 0.6 is 0 Å². The molecule has 19 heavy (non-hydrogen) atoms. The number of carboxylic acids is 1. The van der Waals surface area contributed by atoms with E-state index in [1.807, 2.05) is 30.7 Å². The molecule has 0 bridgehead atoms. The van der Waals surface area contributed by atoms with Crippen LogP contribution in [-0.4, -0.2) is 25.8 Å². The van der Waals surface area contributed by atoms with E-state index in [1.54, 1.807) is 12.4 Å². The lowest BCUT2D eigenvalue weighted by Crippen LogP contribution is -2.07. The van der Waals surface area contributed by atoms with Gasteiger partial charge in [0.25, 0.3) is 0 Å². The number of hydrogen-bond donors (Lipinski definition) is 1. The molecular weight excluding hydrogens is 242 g/mol. The number of hydrogen-bond acceptors (Lipinski definition) is 3. The minimum Gasteiger partial charge on any atom is -0.481 e. The Balaban J connectivity index is 2.11. The van der Waals surface area contributed by atoms with Gasteiger partial charge in [0, 0.05) is 30.2 Å². The number of aryl methyl sites for hydroxylation is 3. The van der Waals surface area contributed by atoms with Crippen LogP contribution in [0.4, 0.5) is 0 Å². The summed E-state index contributed by atoms with van der Waals surface area (Å²) in [4.78, 5) is 14.8. The van der Waals surface area contributed by atoms with Gasteiger partial charge in [0.15, 0.2) is 0 Å². The van der Waals surface area contributed by atoms with Crippen molar-refractivity contribution < 1.29 is 9.90 Å². The number of carboxylic acid groups (broad SMARTS) is 1. The Labute approximate surface area is 111 Å². The molecule has 0 aromatic carbocycles. The lowest BCUT2D eigenvalue weighted by Gasteiger charge is -2.05. The van der Waals surface area contributed by atoms with E-state index in [1.165, 1.54) is 5.56 Å². The summed E-state index contributed by atoms with van der Waals surface area (Å²) in [5.74, 6) is -0.820. The van der Waals surface area contributed by atoms with E-state index in [0.717, 1.165) is 29.9 Å². The largest absolute Gasteiger partial charge is 0.481 e. The summed E-state index contributed by atoms with van der Waals surface area (Å²) in [5.41, 5.74) is 3.76. The Kier molecular flexibility index (Phi) is 3.94. The van der Waals surface area contributed by atoms with E-state index in [-0.39, 0.29) is 6.42 Å². The summed E-state index contributed by atoms with van der Waals surface area (Å²) >= 11 is 0. The molecule has 100 valence electrons. The average Bonchev–Trinajstić information content (AvgIpc) is 2.65. The molecule has 0 radical (unpaired) electrons. The van der Waals surface area contributed by atoms with Gasteiger partial charge in [0.2, 0.25) is 0 Å². The molecule has 2 rings (SSSR count). The summed E-state index contributed by atoms with van der Waals surface area (Å²) in [5, 5.41) is 13.3. The summed E-state index contributed by atoms with van der Waals surface area (Å²) in [6, 6.07) is 3.95. The van der Waals surface area contributed by atoms with Crippen molar-refractivity contribution in [3.8, 4) is 0 Å². The first kappa shape index (κ1) is 13.3. The van der Waals surface area contributed by atoms with E-state index in [4.69, 9.17) is 5.11 Å². The maximum Gasteiger partial charge on any atom is 0.307 e. The average molecular weight is 259 g/mol. The summed E-state index contributed by atoms with van der Waals surface area (Å²) in [7, 11) is 0. The van der Waals surface area contributed by atoms with Crippen molar-refractivity contribution in [1.29, 1.82) is 0 Å². The molecule has 0 saturated heterocycles. The topological polar surface area (TPSA) is 68.0 Å². The zero-order chi connectivity index (χ0) is 13.8. The highest BCUT2D eigenvalue weighted by Crippen LogP contribution is 2.14. The van der Waals surface area contributed by atoms with Gasteiger partial charge in [-0.3, -0.25) is 14.5 Å². The molecule has 2 heterocycles. The molecular formula is C14H17N3O2. The molecule has 5 heteroatoms. The molecule has 0 fully saturated rings. The molecule has 0 amide bonds. The van der Waals surface area contributed by atoms with Crippen LogP contribution in [-0.2, 0) is 24.2 Å². The SMILES string of the molecule is Cc1nn(CCc2ccncc2)c(C)c1CC(=O)O. The third-order valence-electron chi connectivity index (χ3n) is 3.22. The molecule has 0 aliphatic carbocycles. The fourth-order valence-corrected chi connectivity index (χ4v) is 2.14. The van der Waals surface area contributed by atoms with Crippen LogP contribution in [0.15, 0.2) is 24.5 Å². The minimum atomic E-state index is -0.820. The Morgan fingerprint density at radius 3 is 2.63 bits per heavy atom. The van der Waals surface area contributed by atoms with Gasteiger partial charge < -0.3 is 5.11 Å². The van der Waals surface area contributed by atoms with Crippen molar-refractivity contribution in [2.45, 2.75) is 33.2 Å². The second-order valence-electron chi connectivity index (χ2n) is 4.55. The van der Waals surface area contributed by atoms with E-state index in [0.29, 0.717) is 0 Å². The van der Waals surface area contributed by atoms with Crippen molar-refractivity contribution in [3.63, 3.8) is 0 Å². The predicted octanol–water partition coefficient (Wildman–Crippen LogP) is 1.76. The summed E-state index contributed by atoms with van der Waals surface area (Å²) in [6.07, 6.45) is 4.43. The third-order valence-corrected chi connectivity index (χ3v) is 3.22. The van der Waals surface area contributed by atoms with E-state index < -0.39 is 5.97 Å². The third kappa shape index (κ3) is 3.19. The molecule has 5 nitrogen and oxygen atoms in total. The van der Waals surface area contributed by atoms with Crippen molar-refractivity contribution >= 4 is 5.97 Å². The smallest absolute Gasteiger partial charge is 0.307 e. The Bertz CT molecular complexity index is 576. The van der Waals surface area contributed by atoms with Crippen LogP contribution in [0, 0.1) is 13.8 Å². The summed E-state index contributed by atoms with van der Waals surface area (Å²) in [6.45, 7) is 4.52. The van der Waals surface area contributed by atoms with Crippen LogP contribution in [0.25, 0.3) is 0 Å². The summed E-state index contributed by atoms with van der Waals surface area (Å²) < 4.78 is 1.88. The fraction of sp³-hybridized carbons (Fsp3) is 0.357. The molecule has 0 atom stereocenters. The van der Waals surface area contributed by atoms with Crippen LogP contribution in [0.1, 0.15) is 22.5 Å². The first-order valence-electron chi connectivity index (χ1n) is 6.21. The van der Waals surface area contributed by atoms with Crippen LogP contribution in [0.2, 0.25) is 0 Å². The van der Waals surface area contributed by atoms with Crippen LogP contribution < -0.4 is 0 Å². The molecule has 0 aliphatic rings. The Morgan fingerprint density at radius 2 is 2.00 bits per heavy atom. The number of nitrogens with zero attached hydrogens (tertiary/aromatic N) is 3.